The highest BCUT2D eigenvalue weighted by molar-refractivity contribution is 6.40. The van der Waals surface area contributed by atoms with Crippen LogP contribution in [-0.2, 0) is 16.1 Å². The van der Waals surface area contributed by atoms with Crippen LogP contribution in [0.3, 0.4) is 0 Å². The first-order valence-electron chi connectivity index (χ1n) is 5.06. The Kier molecular flexibility index (Phi) is 4.67. The minimum Gasteiger partial charge on any atom is -0.496 e. The second-order valence-corrected chi connectivity index (χ2v) is 3.43. The first kappa shape index (κ1) is 14.0. The molecule has 0 spiro atoms. The molecule has 1 aromatic carbocycles. The molecule has 0 saturated heterocycles. The van der Waals surface area contributed by atoms with E-state index in [1.165, 1.54) is 33.5 Å². The molecule has 0 unspecified atom stereocenters. The van der Waals surface area contributed by atoms with E-state index in [-0.39, 0.29) is 17.9 Å². The Morgan fingerprint density at radius 3 is 2.17 bits per heavy atom. The van der Waals surface area contributed by atoms with E-state index in [0.29, 0.717) is 11.3 Å². The summed E-state index contributed by atoms with van der Waals surface area (Å²) in [4.78, 5) is 22.2. The van der Waals surface area contributed by atoms with Gasteiger partial charge in [0, 0.05) is 12.7 Å². The van der Waals surface area contributed by atoms with Gasteiger partial charge in [0.1, 0.15) is 11.5 Å². The average Bonchev–Trinajstić information content (AvgIpc) is 2.37. The third-order valence-electron chi connectivity index (χ3n) is 2.34. The summed E-state index contributed by atoms with van der Waals surface area (Å²) < 4.78 is 15.1. The van der Waals surface area contributed by atoms with Crippen molar-refractivity contribution < 1.29 is 28.9 Å². The molecule has 0 amide bonds. The zero-order valence-corrected chi connectivity index (χ0v) is 10.4. The molecule has 0 radical (unpaired) electrons. The smallest absolute Gasteiger partial charge is 0.377 e. The number of methoxy groups -OCH3 is 3. The number of rotatable bonds is 6. The number of ketones is 1. The maximum Gasteiger partial charge on any atom is 0.377 e. The van der Waals surface area contributed by atoms with E-state index >= 15 is 0 Å². The van der Waals surface area contributed by atoms with E-state index in [4.69, 9.17) is 19.3 Å². The summed E-state index contributed by atoms with van der Waals surface area (Å²) in [5.41, 5.74) is 0.612. The molecule has 0 aliphatic heterocycles. The van der Waals surface area contributed by atoms with Gasteiger partial charge in [-0.2, -0.15) is 0 Å². The van der Waals surface area contributed by atoms with Crippen LogP contribution < -0.4 is 9.47 Å². The van der Waals surface area contributed by atoms with Crippen LogP contribution in [0.5, 0.6) is 11.5 Å². The van der Waals surface area contributed by atoms with Gasteiger partial charge < -0.3 is 19.3 Å². The molecule has 1 aromatic rings. The van der Waals surface area contributed by atoms with E-state index in [0.717, 1.165) is 0 Å². The molecule has 0 saturated carbocycles. The minimum atomic E-state index is -1.55. The van der Waals surface area contributed by atoms with Crippen LogP contribution in [0.15, 0.2) is 12.1 Å². The molecule has 0 aliphatic carbocycles. The predicted octanol–water partition coefficient (Wildman–Crippen LogP) is 1.12. The fraction of sp³-hybridized carbons (Fsp3) is 0.333. The van der Waals surface area contributed by atoms with Crippen molar-refractivity contribution in [3.63, 3.8) is 0 Å². The lowest BCUT2D eigenvalue weighted by Gasteiger charge is -2.12. The second kappa shape index (κ2) is 6.02. The fourth-order valence-electron chi connectivity index (χ4n) is 1.52. The Morgan fingerprint density at radius 1 is 1.11 bits per heavy atom. The zero-order valence-electron chi connectivity index (χ0n) is 10.4. The molecule has 0 aromatic heterocycles. The predicted molar refractivity (Wildman–Crippen MR) is 62.2 cm³/mol. The summed E-state index contributed by atoms with van der Waals surface area (Å²) in [6, 6.07) is 2.86. The van der Waals surface area contributed by atoms with Gasteiger partial charge in [0.05, 0.1) is 26.4 Å². The highest BCUT2D eigenvalue weighted by Crippen LogP contribution is 2.29. The minimum absolute atomic E-state index is 0.0540. The third-order valence-corrected chi connectivity index (χ3v) is 2.34. The van der Waals surface area contributed by atoms with Crippen molar-refractivity contribution in [1.29, 1.82) is 0 Å². The van der Waals surface area contributed by atoms with Crippen LogP contribution in [0.1, 0.15) is 15.9 Å². The third kappa shape index (κ3) is 2.78. The van der Waals surface area contributed by atoms with E-state index in [2.05, 4.69) is 0 Å². The molecule has 1 rings (SSSR count). The van der Waals surface area contributed by atoms with E-state index in [1.807, 2.05) is 0 Å². The SMILES string of the molecule is COCc1cc(OC)c(C(=O)C(=O)O)cc1OC. The number of hydrogen-bond donors (Lipinski definition) is 1. The number of benzene rings is 1. The molecule has 0 aliphatic rings. The Labute approximate surface area is 104 Å². The van der Waals surface area contributed by atoms with Crippen molar-refractivity contribution >= 4 is 11.8 Å². The van der Waals surface area contributed by atoms with Crippen LogP contribution in [0.4, 0.5) is 0 Å². The molecule has 0 atom stereocenters. The van der Waals surface area contributed by atoms with Gasteiger partial charge >= 0.3 is 5.97 Å². The van der Waals surface area contributed by atoms with Gasteiger partial charge in [-0.05, 0) is 12.1 Å². The van der Waals surface area contributed by atoms with Crippen LogP contribution in [0.2, 0.25) is 0 Å². The van der Waals surface area contributed by atoms with Crippen molar-refractivity contribution in [3.05, 3.63) is 23.3 Å². The number of ether oxygens (including phenoxy) is 3. The standard InChI is InChI=1S/C12H14O6/c1-16-6-7-4-10(18-3)8(5-9(7)17-2)11(13)12(14)15/h4-5H,6H2,1-3H3,(H,14,15). The quantitative estimate of drug-likeness (QED) is 0.605. The van der Waals surface area contributed by atoms with Crippen molar-refractivity contribution in [2.24, 2.45) is 0 Å². The van der Waals surface area contributed by atoms with Gasteiger partial charge in [-0.15, -0.1) is 0 Å². The molecule has 6 nitrogen and oxygen atoms in total. The number of aliphatic carboxylic acids is 1. The van der Waals surface area contributed by atoms with Gasteiger partial charge in [0.15, 0.2) is 0 Å². The molecule has 0 bridgehead atoms. The Balaban J connectivity index is 3.34. The highest BCUT2D eigenvalue weighted by Gasteiger charge is 2.22. The number of carboxylic acids is 1. The summed E-state index contributed by atoms with van der Waals surface area (Å²) in [6.07, 6.45) is 0. The van der Waals surface area contributed by atoms with Crippen molar-refractivity contribution in [2.45, 2.75) is 6.61 Å². The van der Waals surface area contributed by atoms with Gasteiger partial charge in [0.25, 0.3) is 5.78 Å². The molecule has 1 N–H and O–H groups in total. The Bertz CT molecular complexity index is 466. The Morgan fingerprint density at radius 2 is 1.72 bits per heavy atom. The number of Topliss-reactive ketones (excluding diaryl/α,β-unsaturated/α-hetero) is 1. The number of carboxylic acid groups (broad SMARTS) is 1. The summed E-state index contributed by atoms with van der Waals surface area (Å²) in [6.45, 7) is 0.265. The van der Waals surface area contributed by atoms with Crippen LogP contribution in [0.25, 0.3) is 0 Å². The fourth-order valence-corrected chi connectivity index (χ4v) is 1.52. The lowest BCUT2D eigenvalue weighted by atomic mass is 10.1. The lowest BCUT2D eigenvalue weighted by Crippen LogP contribution is -2.14. The van der Waals surface area contributed by atoms with Gasteiger partial charge in [-0.25, -0.2) is 4.79 Å². The van der Waals surface area contributed by atoms with Crippen LogP contribution >= 0.6 is 0 Å². The number of carbonyl (C=O) groups excluding carboxylic acids is 1. The molecule has 18 heavy (non-hydrogen) atoms. The molecular weight excluding hydrogens is 240 g/mol. The molecular formula is C12H14O6. The summed E-state index contributed by atoms with van der Waals surface area (Å²) in [5, 5.41) is 8.72. The maximum atomic E-state index is 11.5. The molecule has 6 heteroatoms. The molecule has 0 heterocycles. The van der Waals surface area contributed by atoms with Crippen LogP contribution in [0, 0.1) is 0 Å². The van der Waals surface area contributed by atoms with Gasteiger partial charge in [-0.1, -0.05) is 0 Å². The van der Waals surface area contributed by atoms with E-state index in [9.17, 15) is 9.59 Å². The zero-order chi connectivity index (χ0) is 13.7. The lowest BCUT2D eigenvalue weighted by molar-refractivity contribution is -0.131. The average molecular weight is 254 g/mol. The summed E-state index contributed by atoms with van der Waals surface area (Å²) in [5.74, 6) is -2.04. The molecule has 98 valence electrons. The molecule has 0 fully saturated rings. The highest BCUT2D eigenvalue weighted by atomic mass is 16.5. The Hall–Kier alpha value is -2.08. The van der Waals surface area contributed by atoms with Crippen molar-refractivity contribution in [3.8, 4) is 11.5 Å². The summed E-state index contributed by atoms with van der Waals surface area (Å²) in [7, 11) is 4.30. The van der Waals surface area contributed by atoms with Gasteiger partial charge in [0.2, 0.25) is 0 Å². The largest absolute Gasteiger partial charge is 0.496 e. The first-order chi connectivity index (χ1) is 8.54. The maximum absolute atomic E-state index is 11.5. The van der Waals surface area contributed by atoms with Crippen molar-refractivity contribution in [1.82, 2.24) is 0 Å². The number of carbonyl (C=O) groups is 2. The number of hydrogen-bond acceptors (Lipinski definition) is 5. The first-order valence-corrected chi connectivity index (χ1v) is 5.06. The normalized spacial score (nSPS) is 9.94. The van der Waals surface area contributed by atoms with Crippen LogP contribution in [-0.4, -0.2) is 38.2 Å². The van der Waals surface area contributed by atoms with E-state index < -0.39 is 11.8 Å². The van der Waals surface area contributed by atoms with E-state index in [1.54, 1.807) is 0 Å². The van der Waals surface area contributed by atoms with Crippen molar-refractivity contribution in [2.75, 3.05) is 21.3 Å². The topological polar surface area (TPSA) is 82.1 Å². The van der Waals surface area contributed by atoms with Gasteiger partial charge in [-0.3, -0.25) is 4.79 Å². The second-order valence-electron chi connectivity index (χ2n) is 3.43. The monoisotopic (exact) mass is 254 g/mol. The summed E-state index contributed by atoms with van der Waals surface area (Å²) >= 11 is 0.